The van der Waals surface area contributed by atoms with Crippen LogP contribution in [-0.2, 0) is 0 Å². The van der Waals surface area contributed by atoms with Gasteiger partial charge in [-0.3, -0.25) is 0 Å². The molecule has 2 unspecified atom stereocenters. The van der Waals surface area contributed by atoms with E-state index in [1.807, 2.05) is 0 Å². The van der Waals surface area contributed by atoms with E-state index in [4.69, 9.17) is 0 Å². The summed E-state index contributed by atoms with van der Waals surface area (Å²) in [6, 6.07) is 51.4. The van der Waals surface area contributed by atoms with Gasteiger partial charge in [-0.05, 0) is 97.4 Å². The summed E-state index contributed by atoms with van der Waals surface area (Å²) in [6.45, 7) is 2.35. The molecule has 208 valence electrons. The zero-order chi connectivity index (χ0) is 29.3. The van der Waals surface area contributed by atoms with Crippen molar-refractivity contribution in [3.05, 3.63) is 169 Å². The van der Waals surface area contributed by atoms with E-state index in [9.17, 15) is 0 Å². The standard InChI is InChI=1S/C43H31N/c1-43-26-9-8-18-41(43)39-17-6-7-19-42(39)44(43)33-23-20-29(21-24-33)30-11-10-12-31(27-30)32-22-25-38-36-15-3-2-13-34(36)35-14-4-5-16-37(35)40(38)28-32/h2-28,41H,1H3. The zero-order valence-electron chi connectivity index (χ0n) is 24.6. The number of nitrogens with zero attached hydrogens (tertiary/aromatic N) is 1. The smallest absolute Gasteiger partial charge is 0.0712 e. The number of benzene rings is 7. The molecule has 1 heterocycles. The highest BCUT2D eigenvalue weighted by Crippen LogP contribution is 2.53. The third kappa shape index (κ3) is 3.66. The van der Waals surface area contributed by atoms with Gasteiger partial charge in [0.1, 0.15) is 0 Å². The molecule has 7 aromatic rings. The molecule has 0 fully saturated rings. The highest BCUT2D eigenvalue weighted by Gasteiger charge is 2.46. The number of anilines is 2. The summed E-state index contributed by atoms with van der Waals surface area (Å²) in [5.41, 5.74) is 8.70. The third-order valence-corrected chi connectivity index (χ3v) is 9.87. The Morgan fingerprint density at radius 1 is 0.477 bits per heavy atom. The van der Waals surface area contributed by atoms with Crippen LogP contribution in [0.25, 0.3) is 54.6 Å². The normalized spacial score (nSPS) is 18.7. The molecule has 0 spiro atoms. The van der Waals surface area contributed by atoms with Crippen molar-refractivity contribution in [3.8, 4) is 22.3 Å². The summed E-state index contributed by atoms with van der Waals surface area (Å²) in [4.78, 5) is 2.51. The lowest BCUT2D eigenvalue weighted by Crippen LogP contribution is -2.41. The molecule has 0 N–H and O–H groups in total. The lowest BCUT2D eigenvalue weighted by Gasteiger charge is -2.39. The minimum atomic E-state index is -0.120. The van der Waals surface area contributed by atoms with Crippen molar-refractivity contribution >= 4 is 43.7 Å². The van der Waals surface area contributed by atoms with Crippen LogP contribution in [-0.4, -0.2) is 5.54 Å². The van der Waals surface area contributed by atoms with Crippen molar-refractivity contribution < 1.29 is 0 Å². The van der Waals surface area contributed by atoms with Gasteiger partial charge in [0.15, 0.2) is 0 Å². The Balaban J connectivity index is 1.11. The summed E-state index contributed by atoms with van der Waals surface area (Å²) in [7, 11) is 0. The van der Waals surface area contributed by atoms with Crippen LogP contribution < -0.4 is 4.90 Å². The van der Waals surface area contributed by atoms with Crippen LogP contribution in [0, 0.1) is 0 Å². The summed E-state index contributed by atoms with van der Waals surface area (Å²) in [6.07, 6.45) is 9.07. The average Bonchev–Trinajstić information content (AvgIpc) is 3.36. The molecule has 9 rings (SSSR count). The minimum Gasteiger partial charge on any atom is -0.331 e. The van der Waals surface area contributed by atoms with Crippen LogP contribution in [0.1, 0.15) is 18.4 Å². The SMILES string of the molecule is CC12C=CC=CC1c1ccccc1N2c1ccc(-c2cccc(-c3ccc4c5ccccc5c5ccccc5c4c3)c2)cc1. The second-order valence-electron chi connectivity index (χ2n) is 12.3. The Bertz CT molecular complexity index is 2270. The van der Waals surface area contributed by atoms with Crippen LogP contribution in [0.5, 0.6) is 0 Å². The van der Waals surface area contributed by atoms with Crippen LogP contribution in [0.4, 0.5) is 11.4 Å². The Kier molecular flexibility index (Phi) is 5.46. The second kappa shape index (κ2) is 9.56. The number of rotatable bonds is 3. The minimum absolute atomic E-state index is 0.120. The molecule has 44 heavy (non-hydrogen) atoms. The lowest BCUT2D eigenvalue weighted by molar-refractivity contribution is 0.542. The summed E-state index contributed by atoms with van der Waals surface area (Å²) < 4.78 is 0. The van der Waals surface area contributed by atoms with E-state index in [0.29, 0.717) is 5.92 Å². The molecular formula is C43H31N. The Labute approximate surface area is 258 Å². The first-order valence-electron chi connectivity index (χ1n) is 15.5. The van der Waals surface area contributed by atoms with Crippen molar-refractivity contribution in [1.82, 2.24) is 0 Å². The van der Waals surface area contributed by atoms with Gasteiger partial charge in [-0.2, -0.15) is 0 Å². The summed E-state index contributed by atoms with van der Waals surface area (Å²) in [5.74, 6) is 0.345. The molecule has 1 nitrogen and oxygen atoms in total. The van der Waals surface area contributed by atoms with Crippen molar-refractivity contribution in [2.75, 3.05) is 4.90 Å². The molecular weight excluding hydrogens is 530 g/mol. The maximum absolute atomic E-state index is 2.51. The Morgan fingerprint density at radius 3 is 1.77 bits per heavy atom. The molecule has 7 aromatic carbocycles. The maximum Gasteiger partial charge on any atom is 0.0712 e. The first-order chi connectivity index (χ1) is 21.7. The van der Waals surface area contributed by atoms with E-state index in [0.717, 1.165) is 0 Å². The molecule has 0 amide bonds. The molecule has 0 radical (unpaired) electrons. The number of para-hydroxylation sites is 1. The number of hydrogen-bond acceptors (Lipinski definition) is 1. The van der Waals surface area contributed by atoms with Gasteiger partial charge in [-0.25, -0.2) is 0 Å². The number of allylic oxidation sites excluding steroid dienone is 2. The Hall–Kier alpha value is -5.40. The molecule has 1 aliphatic heterocycles. The number of fused-ring (bicyclic) bond motifs is 9. The fourth-order valence-electron chi connectivity index (χ4n) is 7.76. The van der Waals surface area contributed by atoms with Gasteiger partial charge in [0.25, 0.3) is 0 Å². The predicted molar refractivity (Wildman–Crippen MR) is 188 cm³/mol. The van der Waals surface area contributed by atoms with Crippen molar-refractivity contribution in [2.45, 2.75) is 18.4 Å². The van der Waals surface area contributed by atoms with E-state index in [1.165, 1.54) is 71.5 Å². The topological polar surface area (TPSA) is 3.24 Å². The number of hydrogen-bond donors (Lipinski definition) is 0. The van der Waals surface area contributed by atoms with Crippen LogP contribution >= 0.6 is 0 Å². The van der Waals surface area contributed by atoms with Gasteiger partial charge in [0.2, 0.25) is 0 Å². The van der Waals surface area contributed by atoms with Crippen LogP contribution in [0.2, 0.25) is 0 Å². The van der Waals surface area contributed by atoms with E-state index >= 15 is 0 Å². The van der Waals surface area contributed by atoms with Gasteiger partial charge in [0, 0.05) is 17.3 Å². The molecule has 0 saturated heterocycles. The van der Waals surface area contributed by atoms with E-state index in [2.05, 4.69) is 176 Å². The highest BCUT2D eigenvalue weighted by atomic mass is 15.2. The maximum atomic E-state index is 2.51. The fourth-order valence-corrected chi connectivity index (χ4v) is 7.76. The summed E-state index contributed by atoms with van der Waals surface area (Å²) >= 11 is 0. The highest BCUT2D eigenvalue weighted by molar-refractivity contribution is 6.25. The van der Waals surface area contributed by atoms with Gasteiger partial charge < -0.3 is 4.90 Å². The van der Waals surface area contributed by atoms with Gasteiger partial charge >= 0.3 is 0 Å². The molecule has 0 bridgehead atoms. The first kappa shape index (κ1) is 25.1. The van der Waals surface area contributed by atoms with E-state index < -0.39 is 0 Å². The van der Waals surface area contributed by atoms with Crippen LogP contribution in [0.3, 0.4) is 0 Å². The van der Waals surface area contributed by atoms with Crippen molar-refractivity contribution in [2.24, 2.45) is 0 Å². The van der Waals surface area contributed by atoms with E-state index in [1.54, 1.807) is 0 Å². The quantitative estimate of drug-likeness (QED) is 0.194. The van der Waals surface area contributed by atoms with Gasteiger partial charge in [0.05, 0.1) is 5.54 Å². The van der Waals surface area contributed by atoms with Crippen LogP contribution in [0.15, 0.2) is 164 Å². The predicted octanol–water partition coefficient (Wildman–Crippen LogP) is 11.6. The third-order valence-electron chi connectivity index (χ3n) is 9.87. The molecule has 2 aliphatic rings. The molecule has 1 heteroatoms. The monoisotopic (exact) mass is 561 g/mol. The van der Waals surface area contributed by atoms with Gasteiger partial charge in [-0.1, -0.05) is 133 Å². The largest absolute Gasteiger partial charge is 0.331 e. The summed E-state index contributed by atoms with van der Waals surface area (Å²) in [5, 5.41) is 7.84. The average molecular weight is 562 g/mol. The Morgan fingerprint density at radius 2 is 1.05 bits per heavy atom. The van der Waals surface area contributed by atoms with Crippen molar-refractivity contribution in [1.29, 1.82) is 0 Å². The first-order valence-corrected chi connectivity index (χ1v) is 15.5. The molecule has 2 atom stereocenters. The van der Waals surface area contributed by atoms with Gasteiger partial charge in [-0.15, -0.1) is 0 Å². The van der Waals surface area contributed by atoms with Crippen molar-refractivity contribution in [3.63, 3.8) is 0 Å². The lowest BCUT2D eigenvalue weighted by atomic mass is 9.80. The molecule has 0 saturated carbocycles. The fraction of sp³-hybridized carbons (Fsp3) is 0.0698. The zero-order valence-corrected chi connectivity index (χ0v) is 24.6. The van der Waals surface area contributed by atoms with E-state index in [-0.39, 0.29) is 5.54 Å². The molecule has 0 aromatic heterocycles. The second-order valence-corrected chi connectivity index (χ2v) is 12.3. The molecule has 1 aliphatic carbocycles.